The van der Waals surface area contributed by atoms with Crippen LogP contribution in [0.2, 0.25) is 0 Å². The molecule has 0 saturated heterocycles. The average Bonchev–Trinajstić information content (AvgIpc) is 2.87. The van der Waals surface area contributed by atoms with Crippen molar-refractivity contribution in [2.45, 2.75) is 32.8 Å². The Balaban J connectivity index is 1.77. The molecule has 0 aliphatic carbocycles. The van der Waals surface area contributed by atoms with Gasteiger partial charge in [-0.05, 0) is 42.3 Å². The summed E-state index contributed by atoms with van der Waals surface area (Å²) in [7, 11) is 3.97. The first kappa shape index (κ1) is 24.7. The third-order valence-electron chi connectivity index (χ3n) is 5.95. The van der Waals surface area contributed by atoms with E-state index in [1.54, 1.807) is 12.3 Å². The molecule has 1 atom stereocenters. The lowest BCUT2D eigenvalue weighted by atomic mass is 10.1. The minimum atomic E-state index is -0.195. The van der Waals surface area contributed by atoms with Gasteiger partial charge in [-0.25, -0.2) is 4.98 Å². The van der Waals surface area contributed by atoms with E-state index < -0.39 is 0 Å². The monoisotopic (exact) mass is 532 g/mol. The van der Waals surface area contributed by atoms with E-state index in [0.29, 0.717) is 29.1 Å². The second kappa shape index (κ2) is 10.9. The zero-order valence-electron chi connectivity index (χ0n) is 20.4. The topological polar surface area (TPSA) is 59.7 Å². The minimum Gasteiger partial charge on any atom is -0.488 e. The lowest BCUT2D eigenvalue weighted by Crippen LogP contribution is -2.23. The van der Waals surface area contributed by atoms with Crippen molar-refractivity contribution in [3.63, 3.8) is 0 Å². The van der Waals surface area contributed by atoms with Gasteiger partial charge >= 0.3 is 0 Å². The lowest BCUT2D eigenvalue weighted by molar-refractivity contribution is 0.306. The van der Waals surface area contributed by atoms with Crippen LogP contribution in [0.25, 0.3) is 10.9 Å². The summed E-state index contributed by atoms with van der Waals surface area (Å²) in [5, 5.41) is 5.14. The maximum atomic E-state index is 13.4. The third kappa shape index (κ3) is 5.62. The van der Waals surface area contributed by atoms with Gasteiger partial charge in [0.1, 0.15) is 18.2 Å². The summed E-state index contributed by atoms with van der Waals surface area (Å²) in [4.78, 5) is 20.2. The molecule has 0 unspecified atom stereocenters. The first-order valence-corrected chi connectivity index (χ1v) is 12.4. The van der Waals surface area contributed by atoms with Crippen LogP contribution in [0.3, 0.4) is 0 Å². The van der Waals surface area contributed by atoms with Gasteiger partial charge in [-0.1, -0.05) is 60.1 Å². The molecule has 0 amide bonds. The fourth-order valence-corrected chi connectivity index (χ4v) is 4.03. The molecule has 3 aromatic carbocycles. The smallest absolute Gasteiger partial charge is 0.282 e. The summed E-state index contributed by atoms with van der Waals surface area (Å²) in [5.41, 5.74) is 3.34. The van der Waals surface area contributed by atoms with Gasteiger partial charge in [-0.3, -0.25) is 4.79 Å². The van der Waals surface area contributed by atoms with Crippen LogP contribution >= 0.6 is 15.9 Å². The molecule has 0 spiro atoms. The average molecular weight is 533 g/mol. The molecule has 0 saturated carbocycles. The Kier molecular flexibility index (Phi) is 7.66. The van der Waals surface area contributed by atoms with E-state index in [-0.39, 0.29) is 11.5 Å². The van der Waals surface area contributed by atoms with Gasteiger partial charge < -0.3 is 9.64 Å². The maximum absolute atomic E-state index is 13.4. The van der Waals surface area contributed by atoms with Crippen molar-refractivity contribution in [3.8, 4) is 5.75 Å². The van der Waals surface area contributed by atoms with Crippen LogP contribution in [-0.4, -0.2) is 30.0 Å². The van der Waals surface area contributed by atoms with Crippen LogP contribution in [0.1, 0.15) is 43.1 Å². The van der Waals surface area contributed by atoms with Crippen molar-refractivity contribution in [1.29, 1.82) is 0 Å². The third-order valence-corrected chi connectivity index (χ3v) is 6.44. The Hall–Kier alpha value is -3.45. The van der Waals surface area contributed by atoms with Crippen LogP contribution in [0.5, 0.6) is 5.75 Å². The number of rotatable bonds is 8. The van der Waals surface area contributed by atoms with E-state index in [1.165, 1.54) is 4.68 Å². The van der Waals surface area contributed by atoms with Crippen molar-refractivity contribution < 1.29 is 4.74 Å². The molecule has 0 N–H and O–H groups in total. The number of nitrogens with zero attached hydrogens (tertiary/aromatic N) is 4. The molecular formula is C28H29BrN4O2. The Labute approximate surface area is 214 Å². The fourth-order valence-electron chi connectivity index (χ4n) is 3.67. The molecule has 1 aromatic heterocycles. The molecule has 0 fully saturated rings. The van der Waals surface area contributed by atoms with E-state index in [1.807, 2.05) is 79.7 Å². The molecule has 0 bridgehead atoms. The molecule has 35 heavy (non-hydrogen) atoms. The van der Waals surface area contributed by atoms with Crippen LogP contribution in [0, 0.1) is 0 Å². The molecule has 6 nitrogen and oxygen atoms in total. The Bertz CT molecular complexity index is 1410. The summed E-state index contributed by atoms with van der Waals surface area (Å²) in [6, 6.07) is 21.5. The fraction of sp³-hybridized carbons (Fsp3) is 0.250. The highest BCUT2D eigenvalue weighted by Crippen LogP contribution is 2.26. The predicted octanol–water partition coefficient (Wildman–Crippen LogP) is 6.20. The van der Waals surface area contributed by atoms with E-state index in [2.05, 4.69) is 34.9 Å². The summed E-state index contributed by atoms with van der Waals surface area (Å²) in [5.74, 6) is 1.40. The normalized spacial score (nSPS) is 12.3. The van der Waals surface area contributed by atoms with Crippen LogP contribution in [0.15, 0.2) is 81.1 Å². The predicted molar refractivity (Wildman–Crippen MR) is 147 cm³/mol. The number of hydrogen-bond donors (Lipinski definition) is 0. The van der Waals surface area contributed by atoms with E-state index in [4.69, 9.17) is 9.72 Å². The van der Waals surface area contributed by atoms with Crippen molar-refractivity contribution in [3.05, 3.63) is 98.5 Å². The van der Waals surface area contributed by atoms with Gasteiger partial charge in [0.2, 0.25) is 0 Å². The van der Waals surface area contributed by atoms with Gasteiger partial charge in [0.15, 0.2) is 0 Å². The molecular weight excluding hydrogens is 504 g/mol. The SMILES string of the molecule is CC[C@@H](C)c1nc2ccc(Br)cc2c(=O)n1N=Cc1ccc(N(C)C)cc1OCc1ccccc1. The molecule has 7 heteroatoms. The number of benzene rings is 3. The molecule has 4 aromatic rings. The second-order valence-electron chi connectivity index (χ2n) is 8.69. The Morgan fingerprint density at radius 1 is 1.11 bits per heavy atom. The quantitative estimate of drug-likeness (QED) is 0.253. The molecule has 1 heterocycles. The molecule has 0 radical (unpaired) electrons. The molecule has 0 aliphatic heterocycles. The highest BCUT2D eigenvalue weighted by atomic mass is 79.9. The van der Waals surface area contributed by atoms with E-state index in [0.717, 1.165) is 27.7 Å². The van der Waals surface area contributed by atoms with Gasteiger partial charge in [-0.15, -0.1) is 0 Å². The van der Waals surface area contributed by atoms with Gasteiger partial charge in [0.25, 0.3) is 5.56 Å². The van der Waals surface area contributed by atoms with Crippen molar-refractivity contribution >= 4 is 38.7 Å². The zero-order valence-corrected chi connectivity index (χ0v) is 22.0. The number of hydrogen-bond acceptors (Lipinski definition) is 5. The standard InChI is InChI=1S/C28H29BrN4O2/c1-5-19(2)27-31-25-14-12-22(29)15-24(25)28(34)33(27)30-17-21-11-13-23(32(3)4)16-26(21)35-18-20-9-7-6-8-10-20/h6-17,19H,5,18H2,1-4H3/t19-/m1/s1. The maximum Gasteiger partial charge on any atom is 0.282 e. The summed E-state index contributed by atoms with van der Waals surface area (Å²) in [6.45, 7) is 4.56. The van der Waals surface area contributed by atoms with Gasteiger partial charge in [0.05, 0.1) is 17.1 Å². The highest BCUT2D eigenvalue weighted by Gasteiger charge is 2.16. The first-order chi connectivity index (χ1) is 16.9. The Morgan fingerprint density at radius 2 is 1.89 bits per heavy atom. The number of anilines is 1. The molecule has 180 valence electrons. The number of aromatic nitrogens is 2. The molecule has 4 rings (SSSR count). The second-order valence-corrected chi connectivity index (χ2v) is 9.61. The number of halogens is 1. The van der Waals surface area contributed by atoms with Crippen molar-refractivity contribution in [2.75, 3.05) is 19.0 Å². The largest absolute Gasteiger partial charge is 0.488 e. The van der Waals surface area contributed by atoms with Crippen molar-refractivity contribution in [2.24, 2.45) is 5.10 Å². The summed E-state index contributed by atoms with van der Waals surface area (Å²) in [6.07, 6.45) is 2.52. The van der Waals surface area contributed by atoms with Gasteiger partial charge in [0, 0.05) is 41.8 Å². The van der Waals surface area contributed by atoms with E-state index in [9.17, 15) is 4.79 Å². The van der Waals surface area contributed by atoms with Crippen LogP contribution < -0.4 is 15.2 Å². The summed E-state index contributed by atoms with van der Waals surface area (Å²) < 4.78 is 8.44. The number of fused-ring (bicyclic) bond motifs is 1. The van der Waals surface area contributed by atoms with E-state index >= 15 is 0 Å². The number of ether oxygens (including phenoxy) is 1. The highest BCUT2D eigenvalue weighted by molar-refractivity contribution is 9.10. The molecule has 0 aliphatic rings. The first-order valence-electron chi connectivity index (χ1n) is 11.6. The van der Waals surface area contributed by atoms with Crippen LogP contribution in [-0.2, 0) is 6.61 Å². The van der Waals surface area contributed by atoms with Crippen LogP contribution in [0.4, 0.5) is 5.69 Å². The van der Waals surface area contributed by atoms with Gasteiger partial charge in [-0.2, -0.15) is 9.78 Å². The lowest BCUT2D eigenvalue weighted by Gasteiger charge is -2.17. The zero-order chi connectivity index (χ0) is 24.9. The minimum absolute atomic E-state index is 0.0674. The van der Waals surface area contributed by atoms with Crippen molar-refractivity contribution in [1.82, 2.24) is 9.66 Å². The Morgan fingerprint density at radius 3 is 2.60 bits per heavy atom. The summed E-state index contributed by atoms with van der Waals surface area (Å²) >= 11 is 3.46.